The van der Waals surface area contributed by atoms with Crippen LogP contribution in [0.1, 0.15) is 20.7 Å². The molecule has 3 N–H and O–H groups in total. The van der Waals surface area contributed by atoms with Crippen molar-refractivity contribution in [3.05, 3.63) is 72.2 Å². The van der Waals surface area contributed by atoms with Gasteiger partial charge in [-0.2, -0.15) is 0 Å². The topological polar surface area (TPSA) is 110 Å². The molecule has 3 aromatic rings. The maximum absolute atomic E-state index is 12.7. The summed E-state index contributed by atoms with van der Waals surface area (Å²) in [7, 11) is 3.32. The van der Waals surface area contributed by atoms with Crippen LogP contribution in [0.15, 0.2) is 61.1 Å². The molecular formula is C22H23N5O3. The van der Waals surface area contributed by atoms with Gasteiger partial charge in [0.1, 0.15) is 5.82 Å². The van der Waals surface area contributed by atoms with Crippen molar-refractivity contribution in [1.82, 2.24) is 14.9 Å². The van der Waals surface area contributed by atoms with E-state index >= 15 is 0 Å². The molecule has 0 radical (unpaired) electrons. The number of pyridine rings is 2. The number of nitrogen functional groups attached to an aromatic ring is 1. The molecule has 2 amide bonds. The van der Waals surface area contributed by atoms with Crippen LogP contribution in [0, 0.1) is 0 Å². The Bertz CT molecular complexity index is 1040. The zero-order chi connectivity index (χ0) is 21.5. The maximum atomic E-state index is 12.7. The van der Waals surface area contributed by atoms with Gasteiger partial charge in [0.25, 0.3) is 11.8 Å². The van der Waals surface area contributed by atoms with Crippen molar-refractivity contribution in [3.63, 3.8) is 0 Å². The highest BCUT2D eigenvalue weighted by Crippen LogP contribution is 2.24. The number of carbonyl (C=O) groups excluding carboxylic acids is 2. The molecule has 0 aliphatic heterocycles. The van der Waals surface area contributed by atoms with Gasteiger partial charge in [0.15, 0.2) is 0 Å². The molecule has 30 heavy (non-hydrogen) atoms. The highest BCUT2D eigenvalue weighted by molar-refractivity contribution is 6.07. The summed E-state index contributed by atoms with van der Waals surface area (Å²) in [6.45, 7) is 0.947. The fraction of sp³-hybridized carbons (Fsp3) is 0.182. The van der Waals surface area contributed by atoms with E-state index in [1.807, 2.05) is 6.07 Å². The molecule has 0 saturated carbocycles. The molecule has 8 heteroatoms. The summed E-state index contributed by atoms with van der Waals surface area (Å²) in [5.74, 6) is -0.371. The molecule has 154 valence electrons. The maximum Gasteiger partial charge on any atom is 0.259 e. The first-order valence-corrected chi connectivity index (χ1v) is 9.31. The number of likely N-dealkylation sites (N-methyl/N-ethyl adjacent to an activating group) is 1. The average Bonchev–Trinajstić information content (AvgIpc) is 2.78. The number of amides is 2. The quantitative estimate of drug-likeness (QED) is 0.625. The van der Waals surface area contributed by atoms with Crippen LogP contribution >= 0.6 is 0 Å². The van der Waals surface area contributed by atoms with Gasteiger partial charge < -0.3 is 20.7 Å². The predicted octanol–water partition coefficient (Wildman–Crippen LogP) is 2.70. The van der Waals surface area contributed by atoms with Crippen molar-refractivity contribution in [2.45, 2.75) is 0 Å². The number of benzene rings is 1. The number of hydrogen-bond acceptors (Lipinski definition) is 6. The first kappa shape index (κ1) is 20.9. The van der Waals surface area contributed by atoms with Crippen molar-refractivity contribution in [2.75, 3.05) is 38.4 Å². The Hall–Kier alpha value is -3.78. The van der Waals surface area contributed by atoms with E-state index in [-0.39, 0.29) is 23.2 Å². The summed E-state index contributed by atoms with van der Waals surface area (Å²) in [6, 6.07) is 12.2. The molecular weight excluding hydrogens is 382 g/mol. The van der Waals surface area contributed by atoms with E-state index < -0.39 is 0 Å². The Morgan fingerprint density at radius 1 is 1.13 bits per heavy atom. The van der Waals surface area contributed by atoms with E-state index in [0.29, 0.717) is 30.0 Å². The second-order valence-electron chi connectivity index (χ2n) is 6.65. The molecule has 0 spiro atoms. The standard InChI is InChI=1S/C22H23N5O3/c1-27(10-11-30-2)22(29)16-5-3-4-15(12-16)17-13-19(20(23)25-14-17)21(28)26-18-6-8-24-9-7-18/h3-9,12-14H,10-11H2,1-2H3,(H2,23,25)(H,24,26,28). The van der Waals surface area contributed by atoms with Gasteiger partial charge in [-0.05, 0) is 35.9 Å². The van der Waals surface area contributed by atoms with Crippen LogP contribution in [-0.4, -0.2) is 54.0 Å². The number of rotatable bonds is 7. The van der Waals surface area contributed by atoms with Crippen LogP contribution in [0.2, 0.25) is 0 Å². The first-order chi connectivity index (χ1) is 14.5. The van der Waals surface area contributed by atoms with E-state index in [0.717, 1.165) is 5.56 Å². The molecule has 0 aliphatic carbocycles. The van der Waals surface area contributed by atoms with Crippen LogP contribution in [0.5, 0.6) is 0 Å². The van der Waals surface area contributed by atoms with E-state index in [1.165, 1.54) is 0 Å². The predicted molar refractivity (Wildman–Crippen MR) is 115 cm³/mol. The molecule has 0 bridgehead atoms. The number of hydrogen-bond donors (Lipinski definition) is 2. The fourth-order valence-electron chi connectivity index (χ4n) is 2.83. The van der Waals surface area contributed by atoms with Gasteiger partial charge in [0.05, 0.1) is 12.2 Å². The third kappa shape index (κ3) is 4.98. The Morgan fingerprint density at radius 3 is 2.63 bits per heavy atom. The lowest BCUT2D eigenvalue weighted by molar-refractivity contribution is 0.0744. The lowest BCUT2D eigenvalue weighted by atomic mass is 10.0. The molecule has 0 aliphatic rings. The lowest BCUT2D eigenvalue weighted by Crippen LogP contribution is -2.29. The Labute approximate surface area is 174 Å². The van der Waals surface area contributed by atoms with E-state index in [2.05, 4.69) is 15.3 Å². The number of anilines is 2. The number of carbonyl (C=O) groups is 2. The zero-order valence-electron chi connectivity index (χ0n) is 16.8. The third-order valence-electron chi connectivity index (χ3n) is 4.52. The van der Waals surface area contributed by atoms with Crippen molar-refractivity contribution < 1.29 is 14.3 Å². The number of nitrogens with two attached hydrogens (primary N) is 1. The minimum Gasteiger partial charge on any atom is -0.383 e. The molecule has 0 atom stereocenters. The number of methoxy groups -OCH3 is 1. The van der Waals surface area contributed by atoms with Crippen LogP contribution in [0.3, 0.4) is 0 Å². The minimum absolute atomic E-state index is 0.118. The number of nitrogens with one attached hydrogen (secondary N) is 1. The molecule has 0 unspecified atom stereocenters. The van der Waals surface area contributed by atoms with E-state index in [4.69, 9.17) is 10.5 Å². The van der Waals surface area contributed by atoms with Crippen molar-refractivity contribution in [1.29, 1.82) is 0 Å². The van der Waals surface area contributed by atoms with Crippen LogP contribution in [0.4, 0.5) is 11.5 Å². The molecule has 0 saturated heterocycles. The molecule has 0 fully saturated rings. The molecule has 8 nitrogen and oxygen atoms in total. The minimum atomic E-state index is -0.375. The van der Waals surface area contributed by atoms with Gasteiger partial charge in [-0.25, -0.2) is 4.98 Å². The zero-order valence-corrected chi connectivity index (χ0v) is 16.8. The summed E-state index contributed by atoms with van der Waals surface area (Å²) < 4.78 is 5.03. The summed E-state index contributed by atoms with van der Waals surface area (Å²) in [5.41, 5.74) is 8.75. The Balaban J connectivity index is 1.85. The Morgan fingerprint density at radius 2 is 1.90 bits per heavy atom. The van der Waals surface area contributed by atoms with Crippen LogP contribution in [0.25, 0.3) is 11.1 Å². The molecule has 2 aromatic heterocycles. The second kappa shape index (κ2) is 9.62. The van der Waals surface area contributed by atoms with Gasteiger partial charge in [-0.1, -0.05) is 12.1 Å². The van der Waals surface area contributed by atoms with E-state index in [1.54, 1.807) is 74.0 Å². The summed E-state index contributed by atoms with van der Waals surface area (Å²) >= 11 is 0. The molecule has 1 aromatic carbocycles. The van der Waals surface area contributed by atoms with E-state index in [9.17, 15) is 9.59 Å². The average molecular weight is 405 g/mol. The third-order valence-corrected chi connectivity index (χ3v) is 4.52. The van der Waals surface area contributed by atoms with Gasteiger partial charge >= 0.3 is 0 Å². The first-order valence-electron chi connectivity index (χ1n) is 9.31. The largest absolute Gasteiger partial charge is 0.383 e. The van der Waals surface area contributed by atoms with Crippen molar-refractivity contribution in [2.24, 2.45) is 0 Å². The second-order valence-corrected chi connectivity index (χ2v) is 6.65. The number of aromatic nitrogens is 2. The van der Waals surface area contributed by atoms with Gasteiger partial charge in [0.2, 0.25) is 0 Å². The van der Waals surface area contributed by atoms with Crippen molar-refractivity contribution >= 4 is 23.3 Å². The lowest BCUT2D eigenvalue weighted by Gasteiger charge is -2.17. The summed E-state index contributed by atoms with van der Waals surface area (Å²) in [6.07, 6.45) is 4.75. The summed E-state index contributed by atoms with van der Waals surface area (Å²) in [5, 5.41) is 2.77. The Kier molecular flexibility index (Phi) is 6.71. The summed E-state index contributed by atoms with van der Waals surface area (Å²) in [4.78, 5) is 35.0. The van der Waals surface area contributed by atoms with Crippen LogP contribution in [-0.2, 0) is 4.74 Å². The van der Waals surface area contributed by atoms with Gasteiger partial charge in [-0.3, -0.25) is 14.6 Å². The highest BCUT2D eigenvalue weighted by atomic mass is 16.5. The molecule has 2 heterocycles. The SMILES string of the molecule is COCCN(C)C(=O)c1cccc(-c2cnc(N)c(C(=O)Nc3ccncc3)c2)c1. The van der Waals surface area contributed by atoms with Crippen molar-refractivity contribution in [3.8, 4) is 11.1 Å². The van der Waals surface area contributed by atoms with Gasteiger partial charge in [-0.15, -0.1) is 0 Å². The fourth-order valence-corrected chi connectivity index (χ4v) is 2.83. The highest BCUT2D eigenvalue weighted by Gasteiger charge is 2.15. The van der Waals surface area contributed by atoms with Gasteiger partial charge in [0, 0.05) is 56.1 Å². The monoisotopic (exact) mass is 405 g/mol. The number of nitrogens with zero attached hydrogens (tertiary/aromatic N) is 3. The molecule has 3 rings (SSSR count). The normalized spacial score (nSPS) is 10.5. The van der Waals surface area contributed by atoms with Crippen LogP contribution < -0.4 is 11.1 Å². The number of ether oxygens (including phenoxy) is 1. The smallest absolute Gasteiger partial charge is 0.259 e.